The molecule has 22 heteroatoms. The fraction of sp³-hybridized carbons (Fsp3) is 0.211. The zero-order valence-electron chi connectivity index (χ0n) is 55.1. The number of para-hydroxylation sites is 3. The van der Waals surface area contributed by atoms with Crippen LogP contribution in [0.5, 0.6) is 0 Å². The van der Waals surface area contributed by atoms with Crippen LogP contribution < -0.4 is 25.4 Å². The number of anilines is 3. The van der Waals surface area contributed by atoms with Gasteiger partial charge in [-0.05, 0) is 162 Å². The second kappa shape index (κ2) is 37.3. The molecule has 0 aliphatic heterocycles. The number of aliphatic carboxylic acids is 2. The van der Waals surface area contributed by atoms with Crippen molar-refractivity contribution < 1.29 is 60.6 Å². The standard InChI is InChI=1S/C29H34N2O5S.C25H26N2O5S.C14H12BrNO.C8H7BrO2/c1-20(2)27(28(33)36-29(3,4)5)31-37(34,35)25-17-15-23(16-18-25)22-13-11-21(12-14-22)19-26(32)30-24-9-7-6-8-10-24;1-17(2)24(25(29)30)27-33(31,32)22-14-12-20(13-15-22)19-10-8-18(9-11-19)16-23(28)26-21-6-4-3-5-7-21;15-12-8-6-11(7-9-12)10-14(17)16-13-4-2-1-3-5-13;9-7-3-1-6(2-4-7)5-8(10)11/h6-18,20,27,31H,19H2,1-5H3,(H,30,32);3-15,17,24,27H,16H2,1-2H3,(H,26,28)(H,29,30);1-9H,10H2,(H,16,17);1-4H,5H2,(H,10,11)/t27-;24-;;/m11../s1. The number of carboxylic acids is 2. The van der Waals surface area contributed by atoms with Crippen LogP contribution in [0, 0.1) is 11.8 Å². The number of rotatable bonds is 23. The normalized spacial score (nSPS) is 11.7. The first-order valence-corrected chi connectivity index (χ1v) is 35.6. The summed E-state index contributed by atoms with van der Waals surface area (Å²) < 4.78 is 63.2. The summed E-state index contributed by atoms with van der Waals surface area (Å²) in [5, 5.41) is 26.2. The number of carboxylic acid groups (broad SMARTS) is 2. The lowest BCUT2D eigenvalue weighted by Gasteiger charge is -2.26. The van der Waals surface area contributed by atoms with Gasteiger partial charge in [0.2, 0.25) is 37.8 Å². The molecule has 98 heavy (non-hydrogen) atoms. The molecule has 0 aliphatic rings. The number of halogens is 2. The fourth-order valence-corrected chi connectivity index (χ4v) is 12.4. The first-order chi connectivity index (χ1) is 46.4. The lowest BCUT2D eigenvalue weighted by molar-refractivity contribution is -0.158. The zero-order chi connectivity index (χ0) is 71.6. The van der Waals surface area contributed by atoms with Gasteiger partial charge in [-0.15, -0.1) is 0 Å². The molecule has 0 bridgehead atoms. The van der Waals surface area contributed by atoms with Crippen LogP contribution >= 0.6 is 31.9 Å². The van der Waals surface area contributed by atoms with E-state index in [2.05, 4.69) is 57.3 Å². The lowest BCUT2D eigenvalue weighted by atomic mass is 10.0. The lowest BCUT2D eigenvalue weighted by Crippen LogP contribution is -2.47. The van der Waals surface area contributed by atoms with Crippen molar-refractivity contribution in [2.24, 2.45) is 11.8 Å². The molecule has 18 nitrogen and oxygen atoms in total. The van der Waals surface area contributed by atoms with E-state index in [1.165, 1.54) is 24.3 Å². The van der Waals surface area contributed by atoms with Crippen LogP contribution in [0.15, 0.2) is 255 Å². The van der Waals surface area contributed by atoms with E-state index in [0.717, 1.165) is 70.5 Å². The van der Waals surface area contributed by atoms with Gasteiger partial charge in [-0.3, -0.25) is 28.8 Å². The molecule has 7 N–H and O–H groups in total. The molecule has 2 atom stereocenters. The summed E-state index contributed by atoms with van der Waals surface area (Å²) in [6, 6.07) is 68.4. The largest absolute Gasteiger partial charge is 0.481 e. The number of hydrogen-bond donors (Lipinski definition) is 7. The molecule has 0 spiro atoms. The highest BCUT2D eigenvalue weighted by molar-refractivity contribution is 9.10. The number of ether oxygens (including phenoxy) is 1. The van der Waals surface area contributed by atoms with Crippen molar-refractivity contribution >= 4 is 105 Å². The SMILES string of the molecule is CC(C)[C@@H](NS(=O)(=O)c1ccc(-c2ccc(CC(=O)Nc3ccccc3)cc2)cc1)C(=O)O.CC(C)[C@@H](NS(=O)(=O)c1ccc(-c2ccc(CC(=O)Nc3ccccc3)cc2)cc1)C(=O)OC(C)(C)C.O=C(Cc1ccc(Br)cc1)Nc1ccccc1.O=C(O)Cc1ccc(Br)cc1. The Balaban J connectivity index is 0.000000225. The summed E-state index contributed by atoms with van der Waals surface area (Å²) in [5.41, 5.74) is 8.51. The highest BCUT2D eigenvalue weighted by Crippen LogP contribution is 2.26. The number of hydrogen-bond acceptors (Lipinski definition) is 11. The molecular weight excluding hydrogens is 1410 g/mol. The van der Waals surface area contributed by atoms with Crippen LogP contribution in [0.4, 0.5) is 17.1 Å². The summed E-state index contributed by atoms with van der Waals surface area (Å²) in [7, 11) is -7.92. The Bertz CT molecular complexity index is 4300. The number of carbonyl (C=O) groups is 6. The molecule has 9 rings (SSSR count). The first-order valence-electron chi connectivity index (χ1n) is 31.1. The van der Waals surface area contributed by atoms with Gasteiger partial charge in [0.1, 0.15) is 17.7 Å². The first kappa shape index (κ1) is 77.6. The average molecular weight is 1490 g/mol. The van der Waals surface area contributed by atoms with Gasteiger partial charge in [0.25, 0.3) is 0 Å². The Kier molecular flexibility index (Phi) is 29.6. The molecule has 0 aliphatic carbocycles. The summed E-state index contributed by atoms with van der Waals surface area (Å²) in [4.78, 5) is 70.4. The molecule has 0 saturated carbocycles. The van der Waals surface area contributed by atoms with E-state index in [0.29, 0.717) is 6.42 Å². The molecular formula is C76H79Br2N5O13S2. The quantitative estimate of drug-likeness (QED) is 0.0294. The highest BCUT2D eigenvalue weighted by Gasteiger charge is 2.32. The molecule has 0 heterocycles. The number of benzene rings is 9. The molecule has 0 fully saturated rings. The van der Waals surface area contributed by atoms with Crippen molar-refractivity contribution in [2.75, 3.05) is 16.0 Å². The predicted octanol–water partition coefficient (Wildman–Crippen LogP) is 14.8. The van der Waals surface area contributed by atoms with E-state index in [9.17, 15) is 50.7 Å². The van der Waals surface area contributed by atoms with Crippen molar-refractivity contribution in [2.45, 2.75) is 102 Å². The smallest absolute Gasteiger partial charge is 0.324 e. The van der Waals surface area contributed by atoms with Gasteiger partial charge in [-0.1, -0.05) is 211 Å². The van der Waals surface area contributed by atoms with Crippen LogP contribution in [0.25, 0.3) is 22.3 Å². The third-order valence-corrected chi connectivity index (χ3v) is 18.1. The number of carbonyl (C=O) groups excluding carboxylic acids is 4. The number of sulfonamides is 2. The van der Waals surface area contributed by atoms with Crippen molar-refractivity contribution in [3.8, 4) is 22.3 Å². The Labute approximate surface area is 590 Å². The zero-order valence-corrected chi connectivity index (χ0v) is 59.9. The van der Waals surface area contributed by atoms with Gasteiger partial charge < -0.3 is 30.9 Å². The van der Waals surface area contributed by atoms with Crippen molar-refractivity contribution in [1.82, 2.24) is 9.44 Å². The third kappa shape index (κ3) is 26.9. The molecule has 9 aromatic carbocycles. The van der Waals surface area contributed by atoms with Gasteiger partial charge in [0.15, 0.2) is 0 Å². The maximum absolute atomic E-state index is 13.0. The minimum Gasteiger partial charge on any atom is -0.481 e. The average Bonchev–Trinajstić information content (AvgIpc) is 0.866. The Hall–Kier alpha value is -9.42. The maximum Gasteiger partial charge on any atom is 0.324 e. The fourth-order valence-electron chi connectivity index (χ4n) is 9.16. The Morgan fingerprint density at radius 1 is 0.388 bits per heavy atom. The van der Waals surface area contributed by atoms with Crippen molar-refractivity contribution in [3.63, 3.8) is 0 Å². The molecule has 9 aromatic rings. The van der Waals surface area contributed by atoms with Crippen LogP contribution in [0.3, 0.4) is 0 Å². The molecule has 0 saturated heterocycles. The van der Waals surface area contributed by atoms with Gasteiger partial charge in [0, 0.05) is 26.0 Å². The molecule has 0 aromatic heterocycles. The minimum absolute atomic E-state index is 0.00137. The van der Waals surface area contributed by atoms with E-state index in [4.69, 9.17) is 9.84 Å². The Morgan fingerprint density at radius 3 is 0.918 bits per heavy atom. The second-order valence-electron chi connectivity index (χ2n) is 24.1. The van der Waals surface area contributed by atoms with Gasteiger partial charge in [0.05, 0.1) is 35.5 Å². The molecule has 512 valence electrons. The van der Waals surface area contributed by atoms with Gasteiger partial charge in [-0.2, -0.15) is 9.44 Å². The summed E-state index contributed by atoms with van der Waals surface area (Å²) >= 11 is 6.63. The second-order valence-corrected chi connectivity index (χ2v) is 29.4. The van der Waals surface area contributed by atoms with Crippen LogP contribution in [0.1, 0.15) is 70.7 Å². The van der Waals surface area contributed by atoms with Crippen molar-refractivity contribution in [1.29, 1.82) is 0 Å². The predicted molar refractivity (Wildman–Crippen MR) is 391 cm³/mol. The van der Waals surface area contributed by atoms with E-state index in [1.54, 1.807) is 84.9 Å². The number of nitrogens with one attached hydrogen (secondary N) is 5. The van der Waals surface area contributed by atoms with E-state index in [1.807, 2.05) is 176 Å². The summed E-state index contributed by atoms with van der Waals surface area (Å²) in [6.45, 7) is 12.0. The van der Waals surface area contributed by atoms with E-state index < -0.39 is 61.6 Å². The van der Waals surface area contributed by atoms with Crippen molar-refractivity contribution in [3.05, 3.63) is 268 Å². The van der Waals surface area contributed by atoms with Crippen LogP contribution in [0.2, 0.25) is 0 Å². The molecule has 3 amide bonds. The van der Waals surface area contributed by atoms with Gasteiger partial charge >= 0.3 is 17.9 Å². The molecule has 0 unspecified atom stereocenters. The summed E-state index contributed by atoms with van der Waals surface area (Å²) in [6.07, 6.45) is 0.959. The number of esters is 1. The summed E-state index contributed by atoms with van der Waals surface area (Å²) in [5.74, 6) is -3.54. The minimum atomic E-state index is -3.97. The molecule has 0 radical (unpaired) electrons. The van der Waals surface area contributed by atoms with Crippen LogP contribution in [-0.2, 0) is 79.2 Å². The van der Waals surface area contributed by atoms with E-state index >= 15 is 0 Å². The monoisotopic (exact) mass is 1490 g/mol. The maximum atomic E-state index is 13.0. The third-order valence-electron chi connectivity index (χ3n) is 14.2. The topological polar surface area (TPSA) is 281 Å². The van der Waals surface area contributed by atoms with E-state index in [-0.39, 0.29) is 52.7 Å². The van der Waals surface area contributed by atoms with Gasteiger partial charge in [-0.25, -0.2) is 16.8 Å². The Morgan fingerprint density at radius 2 is 0.653 bits per heavy atom. The van der Waals surface area contributed by atoms with Crippen LogP contribution in [-0.4, -0.2) is 80.4 Å². The number of amides is 3. The highest BCUT2D eigenvalue weighted by atomic mass is 79.9.